The molecule has 5 heterocycles. The summed E-state index contributed by atoms with van der Waals surface area (Å²) in [6.07, 6.45) is 9.64. The van der Waals surface area contributed by atoms with Crippen molar-refractivity contribution in [2.24, 2.45) is 35.2 Å². The Balaban J connectivity index is 1.10. The van der Waals surface area contributed by atoms with Crippen LogP contribution in [0.15, 0.2) is 61.6 Å². The number of carbonyl (C=O) groups excluding carboxylic acids is 5. The fourth-order valence-electron chi connectivity index (χ4n) is 4.78. The molecule has 17 nitrogen and oxygen atoms in total. The highest BCUT2D eigenvalue weighted by Crippen LogP contribution is 2.18. The zero-order valence-electron chi connectivity index (χ0n) is 26.4. The van der Waals surface area contributed by atoms with Gasteiger partial charge in [0, 0.05) is 79.2 Å². The summed E-state index contributed by atoms with van der Waals surface area (Å²) >= 11 is 0. The molecule has 0 aliphatic heterocycles. The van der Waals surface area contributed by atoms with Crippen LogP contribution < -0.4 is 26.6 Å². The zero-order valence-corrected chi connectivity index (χ0v) is 26.4. The highest BCUT2D eigenvalue weighted by Gasteiger charge is 2.19. The molecule has 0 atom stereocenters. The Kier molecular flexibility index (Phi) is 9.07. The highest BCUT2D eigenvalue weighted by molar-refractivity contribution is 6.07. The monoisotopic (exact) mass is 642 g/mol. The number of aromatic nitrogens is 7. The minimum absolute atomic E-state index is 0.0208. The number of nitrogens with zero attached hydrogens (tertiary/aromatic N) is 7. The van der Waals surface area contributed by atoms with E-state index >= 15 is 0 Å². The van der Waals surface area contributed by atoms with Crippen LogP contribution >= 0.6 is 0 Å². The predicted octanol–water partition coefficient (Wildman–Crippen LogP) is 1.68. The van der Waals surface area contributed by atoms with E-state index in [9.17, 15) is 24.0 Å². The summed E-state index contributed by atoms with van der Waals surface area (Å²) in [4.78, 5) is 71.7. The summed E-state index contributed by atoms with van der Waals surface area (Å²) in [6, 6.07) is 6.47. The number of hydrogen-bond acceptors (Lipinski definition) is 7. The van der Waals surface area contributed by atoms with Gasteiger partial charge in [0.25, 0.3) is 23.6 Å². The molecular formula is C30H34N12O5. The molecule has 0 bridgehead atoms. The summed E-state index contributed by atoms with van der Waals surface area (Å²) in [6.45, 7) is 0.0208. The first-order chi connectivity index (χ1) is 22.4. The van der Waals surface area contributed by atoms with E-state index in [0.29, 0.717) is 28.6 Å². The van der Waals surface area contributed by atoms with Gasteiger partial charge in [-0.2, -0.15) is 0 Å². The van der Waals surface area contributed by atoms with Gasteiger partial charge in [-0.15, -0.1) is 0 Å². The van der Waals surface area contributed by atoms with Gasteiger partial charge in [-0.05, 0) is 24.3 Å². The van der Waals surface area contributed by atoms with Crippen molar-refractivity contribution < 1.29 is 24.0 Å². The van der Waals surface area contributed by atoms with Gasteiger partial charge in [0.15, 0.2) is 11.6 Å². The molecule has 0 fully saturated rings. The molecule has 5 aromatic heterocycles. The molecule has 244 valence electrons. The Hall–Kier alpha value is -6.39. The third-order valence-corrected chi connectivity index (χ3v) is 7.10. The maximum absolute atomic E-state index is 13.0. The van der Waals surface area contributed by atoms with Gasteiger partial charge in [-0.3, -0.25) is 24.0 Å². The smallest absolute Gasteiger partial charge is 0.287 e. The van der Waals surface area contributed by atoms with Crippen molar-refractivity contribution in [1.29, 1.82) is 0 Å². The Morgan fingerprint density at radius 1 is 0.660 bits per heavy atom. The van der Waals surface area contributed by atoms with Gasteiger partial charge in [0.05, 0.1) is 17.7 Å². The lowest BCUT2D eigenvalue weighted by Gasteiger charge is -2.05. The molecule has 0 saturated heterocycles. The molecule has 47 heavy (non-hydrogen) atoms. The molecule has 17 heteroatoms. The first-order valence-electron chi connectivity index (χ1n) is 14.4. The number of carbonyl (C=O) groups is 5. The summed E-state index contributed by atoms with van der Waals surface area (Å²) < 4.78 is 7.98. The number of aryl methyl sites for hydroxylation is 5. The van der Waals surface area contributed by atoms with E-state index < -0.39 is 11.8 Å². The second-order valence-corrected chi connectivity index (χ2v) is 10.9. The summed E-state index contributed by atoms with van der Waals surface area (Å²) in [5.74, 6) is -1.42. The maximum Gasteiger partial charge on any atom is 0.287 e. The van der Waals surface area contributed by atoms with Crippen molar-refractivity contribution >= 4 is 52.5 Å². The standard InChI is InChI=1S/C30H34N12O5/c1-38-15-23(32-17-38)36-29(46)22-12-19(14-41(22)4)34-28(45)21-11-18(13-40(21)3)33-25(43)8-9-31-30(47)26-35-24(16-42(26)5)37-27(44)20-7-6-10-39(20)2/h6-7,10-17H,8-9H2,1-5H3,(H,31,47)(H,33,43)(H,34,45)(H,36,46)(H,37,44). The number of rotatable bonds is 11. The summed E-state index contributed by atoms with van der Waals surface area (Å²) in [7, 11) is 8.49. The van der Waals surface area contributed by atoms with Crippen LogP contribution in [0.25, 0.3) is 0 Å². The normalized spacial score (nSPS) is 10.8. The molecule has 0 unspecified atom stereocenters. The number of nitrogens with one attached hydrogen (secondary N) is 5. The van der Waals surface area contributed by atoms with Gasteiger partial charge in [-0.1, -0.05) is 0 Å². The average Bonchev–Trinajstić information content (AvgIpc) is 3.83. The molecule has 5 N–H and O–H groups in total. The van der Waals surface area contributed by atoms with Crippen LogP contribution in [0.2, 0.25) is 0 Å². The van der Waals surface area contributed by atoms with Crippen LogP contribution in [0.4, 0.5) is 23.0 Å². The Bertz CT molecular complexity index is 1990. The predicted molar refractivity (Wildman–Crippen MR) is 172 cm³/mol. The second kappa shape index (κ2) is 13.3. The molecule has 5 amide bonds. The highest BCUT2D eigenvalue weighted by atomic mass is 16.2. The van der Waals surface area contributed by atoms with Gasteiger partial charge in [-0.25, -0.2) is 9.97 Å². The maximum atomic E-state index is 13.0. The van der Waals surface area contributed by atoms with Crippen LogP contribution in [-0.4, -0.2) is 68.9 Å². The van der Waals surface area contributed by atoms with E-state index in [-0.39, 0.29) is 48.0 Å². The largest absolute Gasteiger partial charge is 0.349 e. The first kappa shape index (κ1) is 32.0. The Labute approximate surface area is 268 Å². The van der Waals surface area contributed by atoms with E-state index in [2.05, 4.69) is 36.6 Å². The molecule has 0 saturated carbocycles. The van der Waals surface area contributed by atoms with Gasteiger partial charge in [0.1, 0.15) is 17.1 Å². The molecule has 5 aromatic rings. The molecule has 0 aliphatic rings. The molecule has 5 rings (SSSR count). The fraction of sp³-hybridized carbons (Fsp3) is 0.233. The zero-order chi connectivity index (χ0) is 33.8. The van der Waals surface area contributed by atoms with Crippen molar-refractivity contribution in [2.45, 2.75) is 6.42 Å². The third kappa shape index (κ3) is 7.47. The lowest BCUT2D eigenvalue weighted by Crippen LogP contribution is -2.29. The first-order valence-corrected chi connectivity index (χ1v) is 14.4. The average molecular weight is 643 g/mol. The molecule has 0 radical (unpaired) electrons. The van der Waals surface area contributed by atoms with Crippen LogP contribution in [-0.2, 0) is 40.0 Å². The minimum Gasteiger partial charge on any atom is -0.349 e. The van der Waals surface area contributed by atoms with E-state index in [1.54, 1.807) is 103 Å². The van der Waals surface area contributed by atoms with Gasteiger partial charge < -0.3 is 49.4 Å². The minimum atomic E-state index is -0.517. The van der Waals surface area contributed by atoms with Crippen molar-refractivity contribution in [3.05, 3.63) is 84.5 Å². The lowest BCUT2D eigenvalue weighted by atomic mass is 10.3. The second-order valence-electron chi connectivity index (χ2n) is 10.9. The van der Waals surface area contributed by atoms with Crippen molar-refractivity contribution in [2.75, 3.05) is 27.8 Å². The molecular weight excluding hydrogens is 608 g/mol. The summed E-state index contributed by atoms with van der Waals surface area (Å²) in [5, 5.41) is 13.5. The number of amides is 5. The van der Waals surface area contributed by atoms with Crippen molar-refractivity contribution in [3.63, 3.8) is 0 Å². The Morgan fingerprint density at radius 2 is 1.28 bits per heavy atom. The number of anilines is 4. The third-order valence-electron chi connectivity index (χ3n) is 7.10. The van der Waals surface area contributed by atoms with E-state index in [0.717, 1.165) is 0 Å². The van der Waals surface area contributed by atoms with Crippen LogP contribution in [0.3, 0.4) is 0 Å². The quantitative estimate of drug-likeness (QED) is 0.144. The van der Waals surface area contributed by atoms with E-state index in [4.69, 9.17) is 0 Å². The summed E-state index contributed by atoms with van der Waals surface area (Å²) in [5.41, 5.74) is 1.81. The van der Waals surface area contributed by atoms with Crippen LogP contribution in [0, 0.1) is 0 Å². The van der Waals surface area contributed by atoms with Crippen molar-refractivity contribution in [1.82, 2.24) is 38.1 Å². The lowest BCUT2D eigenvalue weighted by molar-refractivity contribution is -0.116. The number of imidazole rings is 2. The topological polar surface area (TPSA) is 196 Å². The fourth-order valence-corrected chi connectivity index (χ4v) is 4.78. The van der Waals surface area contributed by atoms with Crippen molar-refractivity contribution in [3.8, 4) is 0 Å². The molecule has 0 aliphatic carbocycles. The van der Waals surface area contributed by atoms with E-state index in [1.165, 1.54) is 16.8 Å². The van der Waals surface area contributed by atoms with Crippen LogP contribution in [0.5, 0.6) is 0 Å². The SMILES string of the molecule is Cn1cnc(NC(=O)c2cc(NC(=O)c3cc(NC(=O)CCNC(=O)c4nc(NC(=O)c5cccn5C)cn4C)cn3C)cn2C)c1. The van der Waals surface area contributed by atoms with Crippen LogP contribution in [0.1, 0.15) is 48.5 Å². The number of hydrogen-bond donors (Lipinski definition) is 5. The molecule has 0 spiro atoms. The van der Waals surface area contributed by atoms with Gasteiger partial charge >= 0.3 is 0 Å². The van der Waals surface area contributed by atoms with Gasteiger partial charge in [0.2, 0.25) is 11.7 Å². The molecule has 0 aromatic carbocycles. The Morgan fingerprint density at radius 3 is 1.89 bits per heavy atom. The van der Waals surface area contributed by atoms with E-state index in [1.807, 2.05) is 0 Å².